The van der Waals surface area contributed by atoms with E-state index in [1.54, 1.807) is 36.9 Å². The highest BCUT2D eigenvalue weighted by atomic mass is 16.2. The van der Waals surface area contributed by atoms with E-state index >= 15 is 0 Å². The predicted octanol–water partition coefficient (Wildman–Crippen LogP) is 2.95. The van der Waals surface area contributed by atoms with Gasteiger partial charge in [-0.05, 0) is 42.0 Å². The lowest BCUT2D eigenvalue weighted by Crippen LogP contribution is -2.33. The van der Waals surface area contributed by atoms with E-state index in [2.05, 4.69) is 25.6 Å². The Balaban J connectivity index is 1.22. The quantitative estimate of drug-likeness (QED) is 0.353. The van der Waals surface area contributed by atoms with Gasteiger partial charge in [-0.2, -0.15) is 0 Å². The lowest BCUT2D eigenvalue weighted by molar-refractivity contribution is -0.110. The Hall–Kier alpha value is -5.05. The molecule has 0 fully saturated rings. The molecule has 0 radical (unpaired) electrons. The monoisotopic (exact) mass is 478 g/mol. The molecule has 1 aliphatic rings. The minimum absolute atomic E-state index is 0.0596. The minimum Gasteiger partial charge on any atom is -0.362 e. The first-order chi connectivity index (χ1) is 17.6. The van der Waals surface area contributed by atoms with Crippen LogP contribution in [-0.4, -0.2) is 37.9 Å². The molecule has 1 aromatic carbocycles. The first-order valence-electron chi connectivity index (χ1n) is 11.3. The number of fused-ring (bicyclic) bond motifs is 1. The van der Waals surface area contributed by atoms with Gasteiger partial charge in [0.2, 0.25) is 0 Å². The Bertz CT molecular complexity index is 1540. The Morgan fingerprint density at radius 1 is 1.08 bits per heavy atom. The topological polar surface area (TPSA) is 122 Å². The predicted molar refractivity (Wildman–Crippen MR) is 137 cm³/mol. The number of anilines is 1. The van der Waals surface area contributed by atoms with Gasteiger partial charge in [0, 0.05) is 53.8 Å². The summed E-state index contributed by atoms with van der Waals surface area (Å²) in [4.78, 5) is 48.7. The molecule has 0 saturated carbocycles. The van der Waals surface area contributed by atoms with E-state index in [4.69, 9.17) is 0 Å². The van der Waals surface area contributed by atoms with Crippen LogP contribution in [0.15, 0.2) is 84.4 Å². The van der Waals surface area contributed by atoms with Gasteiger partial charge in [-0.25, -0.2) is 9.97 Å². The number of H-pyrrole nitrogens is 1. The molecule has 36 heavy (non-hydrogen) atoms. The van der Waals surface area contributed by atoms with Crippen LogP contribution in [0.25, 0.3) is 17.7 Å². The smallest absolute Gasteiger partial charge is 0.263 e. The highest BCUT2D eigenvalue weighted by Crippen LogP contribution is 2.33. The number of hydrogen-bond acceptors (Lipinski definition) is 5. The number of hydrogen-bond donors (Lipinski definition) is 3. The maximum Gasteiger partial charge on any atom is 0.263 e. The van der Waals surface area contributed by atoms with E-state index in [-0.39, 0.29) is 30.1 Å². The number of aromatic amines is 1. The van der Waals surface area contributed by atoms with E-state index in [0.717, 1.165) is 28.1 Å². The summed E-state index contributed by atoms with van der Waals surface area (Å²) in [5, 5.41) is 5.64. The van der Waals surface area contributed by atoms with Crippen LogP contribution in [-0.2, 0) is 11.3 Å². The van der Waals surface area contributed by atoms with E-state index in [9.17, 15) is 14.4 Å². The highest BCUT2D eigenvalue weighted by molar-refractivity contribution is 6.34. The van der Waals surface area contributed by atoms with Crippen molar-refractivity contribution in [2.75, 3.05) is 11.9 Å². The molecule has 1 aliphatic heterocycles. The van der Waals surface area contributed by atoms with Gasteiger partial charge in [0.05, 0.1) is 12.1 Å². The van der Waals surface area contributed by atoms with Crippen molar-refractivity contribution < 1.29 is 9.59 Å². The number of carbonyl (C=O) groups is 2. The molecule has 4 aromatic rings. The molecule has 2 amide bonds. The molecule has 9 heteroatoms. The average Bonchev–Trinajstić information content (AvgIpc) is 3.51. The van der Waals surface area contributed by atoms with Gasteiger partial charge in [0.1, 0.15) is 11.9 Å². The summed E-state index contributed by atoms with van der Waals surface area (Å²) in [5.41, 5.74) is 4.33. The van der Waals surface area contributed by atoms with Crippen molar-refractivity contribution in [3.05, 3.63) is 118 Å². The van der Waals surface area contributed by atoms with E-state index in [0.29, 0.717) is 5.57 Å². The van der Waals surface area contributed by atoms with Crippen LogP contribution < -0.4 is 16.2 Å². The summed E-state index contributed by atoms with van der Waals surface area (Å²) in [7, 11) is 0. The number of rotatable bonds is 7. The molecule has 0 aliphatic carbocycles. The molecule has 0 saturated heterocycles. The summed E-state index contributed by atoms with van der Waals surface area (Å²) in [6.07, 6.45) is 13.5. The van der Waals surface area contributed by atoms with Crippen LogP contribution in [0.2, 0.25) is 0 Å². The zero-order chi connectivity index (χ0) is 24.9. The molecule has 3 N–H and O–H groups in total. The first-order valence-corrected chi connectivity index (χ1v) is 11.3. The molecular formula is C27H22N6O3. The maximum atomic E-state index is 12.7. The van der Waals surface area contributed by atoms with Crippen LogP contribution in [0, 0.1) is 0 Å². The fourth-order valence-corrected chi connectivity index (χ4v) is 3.93. The molecule has 4 heterocycles. The first kappa shape index (κ1) is 22.7. The van der Waals surface area contributed by atoms with Crippen LogP contribution in [0.1, 0.15) is 32.7 Å². The molecule has 178 valence electrons. The highest BCUT2D eigenvalue weighted by Gasteiger charge is 2.24. The van der Waals surface area contributed by atoms with Crippen molar-refractivity contribution in [1.82, 2.24) is 24.8 Å². The molecule has 0 spiro atoms. The lowest BCUT2D eigenvalue weighted by atomic mass is 10.0. The molecule has 0 unspecified atom stereocenters. The standard InChI is InChI=1S/C27H22N6O3/c34-25(22-6-3-11-33(27(22)36)16-19-14-28-17-29-15-19)31-10-1-4-18-7-8-21-23(13-20-5-2-9-30-20)26(35)32-24(21)12-18/h1-9,11-15,17,30H,10,16H2,(H,31,34)(H,32,35)/b4-1+,23-13+. The van der Waals surface area contributed by atoms with Gasteiger partial charge >= 0.3 is 0 Å². The van der Waals surface area contributed by atoms with Gasteiger partial charge in [-0.1, -0.05) is 24.3 Å². The van der Waals surface area contributed by atoms with E-state index < -0.39 is 5.91 Å². The molecule has 0 bridgehead atoms. The largest absolute Gasteiger partial charge is 0.362 e. The summed E-state index contributed by atoms with van der Waals surface area (Å²) in [6.45, 7) is 0.512. The van der Waals surface area contributed by atoms with E-state index in [1.165, 1.54) is 17.0 Å². The zero-order valence-corrected chi connectivity index (χ0v) is 19.1. The van der Waals surface area contributed by atoms with Crippen LogP contribution >= 0.6 is 0 Å². The van der Waals surface area contributed by atoms with Crippen molar-refractivity contribution in [2.45, 2.75) is 6.54 Å². The van der Waals surface area contributed by atoms with E-state index in [1.807, 2.05) is 42.5 Å². The summed E-state index contributed by atoms with van der Waals surface area (Å²) in [6, 6.07) is 12.6. The summed E-state index contributed by atoms with van der Waals surface area (Å²) >= 11 is 0. The fourth-order valence-electron chi connectivity index (χ4n) is 3.93. The number of pyridine rings is 1. The average molecular weight is 479 g/mol. The minimum atomic E-state index is -0.455. The van der Waals surface area contributed by atoms with Gasteiger partial charge in [-0.15, -0.1) is 0 Å². The Kier molecular flexibility index (Phi) is 6.35. The van der Waals surface area contributed by atoms with Crippen molar-refractivity contribution in [3.8, 4) is 0 Å². The second kappa shape index (κ2) is 10.1. The number of nitrogens with zero attached hydrogens (tertiary/aromatic N) is 3. The zero-order valence-electron chi connectivity index (χ0n) is 19.1. The lowest BCUT2D eigenvalue weighted by Gasteiger charge is -2.08. The Labute approximate surface area is 206 Å². The van der Waals surface area contributed by atoms with Crippen molar-refractivity contribution in [1.29, 1.82) is 0 Å². The van der Waals surface area contributed by atoms with Crippen LogP contribution in [0.4, 0.5) is 5.69 Å². The van der Waals surface area contributed by atoms with Crippen molar-refractivity contribution in [3.63, 3.8) is 0 Å². The number of amides is 2. The van der Waals surface area contributed by atoms with Gasteiger partial charge in [0.25, 0.3) is 17.4 Å². The second-order valence-corrected chi connectivity index (χ2v) is 8.16. The molecule has 3 aromatic heterocycles. The fraction of sp³-hybridized carbons (Fsp3) is 0.0741. The van der Waals surface area contributed by atoms with Crippen LogP contribution in [0.5, 0.6) is 0 Å². The number of aromatic nitrogens is 4. The normalized spacial score (nSPS) is 13.7. The maximum absolute atomic E-state index is 12.7. The van der Waals surface area contributed by atoms with Crippen molar-refractivity contribution in [2.24, 2.45) is 0 Å². The number of carbonyl (C=O) groups excluding carboxylic acids is 2. The van der Waals surface area contributed by atoms with Crippen LogP contribution in [0.3, 0.4) is 0 Å². The third-order valence-corrected chi connectivity index (χ3v) is 5.67. The molecular weight excluding hydrogens is 456 g/mol. The van der Waals surface area contributed by atoms with Gasteiger partial charge in [0.15, 0.2) is 0 Å². The Morgan fingerprint density at radius 3 is 2.75 bits per heavy atom. The Morgan fingerprint density at radius 2 is 1.94 bits per heavy atom. The molecule has 0 atom stereocenters. The third kappa shape index (κ3) is 4.90. The summed E-state index contributed by atoms with van der Waals surface area (Å²) in [5.74, 6) is -0.607. The molecule has 9 nitrogen and oxygen atoms in total. The third-order valence-electron chi connectivity index (χ3n) is 5.67. The number of benzene rings is 1. The van der Waals surface area contributed by atoms with Gasteiger partial charge < -0.3 is 20.2 Å². The molecule has 5 rings (SSSR count). The number of nitrogens with one attached hydrogen (secondary N) is 3. The van der Waals surface area contributed by atoms with Gasteiger partial charge in [-0.3, -0.25) is 14.4 Å². The summed E-state index contributed by atoms with van der Waals surface area (Å²) < 4.78 is 1.45. The SMILES string of the molecule is O=C1Nc2cc(/C=C/CNC(=O)c3cccn(Cc4cncnc4)c3=O)ccc2/C1=C\c1ccc[nH]1. The van der Waals surface area contributed by atoms with Crippen molar-refractivity contribution >= 4 is 35.2 Å². The second-order valence-electron chi connectivity index (χ2n) is 8.16.